The van der Waals surface area contributed by atoms with Crippen molar-refractivity contribution >= 4 is 34.7 Å². The van der Waals surface area contributed by atoms with Crippen LogP contribution in [0.4, 0.5) is 5.69 Å². The largest absolute Gasteiger partial charge is 0.350 e. The highest BCUT2D eigenvalue weighted by Crippen LogP contribution is 2.34. The zero-order valence-electron chi connectivity index (χ0n) is 16.9. The van der Waals surface area contributed by atoms with Gasteiger partial charge in [-0.25, -0.2) is 0 Å². The average Bonchev–Trinajstić information content (AvgIpc) is 3.53. The third kappa shape index (κ3) is 4.94. The van der Waals surface area contributed by atoms with Crippen molar-refractivity contribution in [1.29, 1.82) is 0 Å². The molecular weight excluding hydrogens is 436 g/mol. The minimum Gasteiger partial charge on any atom is -0.350 e. The topological polar surface area (TPSA) is 106 Å². The molecule has 0 bridgehead atoms. The Morgan fingerprint density at radius 3 is 2.81 bits per heavy atom. The van der Waals surface area contributed by atoms with Crippen LogP contribution in [0, 0.1) is 10.1 Å². The number of benzene rings is 1. The minimum absolute atomic E-state index is 0.118. The molecule has 162 valence electrons. The Balaban J connectivity index is 1.49. The highest BCUT2D eigenvalue weighted by Gasteiger charge is 2.25. The zero-order chi connectivity index (χ0) is 21.8. The van der Waals surface area contributed by atoms with Gasteiger partial charge in [0, 0.05) is 30.1 Å². The Bertz CT molecular complexity index is 1060. The molecule has 3 heterocycles. The number of thiophene rings is 1. The van der Waals surface area contributed by atoms with Crippen LogP contribution in [0.5, 0.6) is 0 Å². The standard InChI is InChI=1S/C20H22N6O3S2/c1-24-13-22-23-20(24)31-18-7-6-14(11-15(18)26(28)29)19(27)21-12-16(17-5-4-10-30-17)25-8-2-3-9-25/h4-7,10-11,13,16H,2-3,8-9,12H2,1H3,(H,21,27). The number of likely N-dealkylation sites (tertiary alicyclic amines) is 1. The summed E-state index contributed by atoms with van der Waals surface area (Å²) in [6.07, 6.45) is 3.85. The van der Waals surface area contributed by atoms with Crippen molar-refractivity contribution in [3.63, 3.8) is 0 Å². The first-order valence-corrected chi connectivity index (χ1v) is 11.6. The number of carbonyl (C=O) groups is 1. The molecule has 4 rings (SSSR count). The van der Waals surface area contributed by atoms with Gasteiger partial charge in [0.05, 0.1) is 15.9 Å². The van der Waals surface area contributed by atoms with E-state index in [2.05, 4.69) is 26.5 Å². The highest BCUT2D eigenvalue weighted by molar-refractivity contribution is 7.99. The molecule has 9 nitrogen and oxygen atoms in total. The molecule has 31 heavy (non-hydrogen) atoms. The van der Waals surface area contributed by atoms with Crippen LogP contribution in [0.15, 0.2) is 52.1 Å². The van der Waals surface area contributed by atoms with E-state index in [1.807, 2.05) is 11.4 Å². The summed E-state index contributed by atoms with van der Waals surface area (Å²) in [5.41, 5.74) is 0.135. The maximum absolute atomic E-state index is 12.8. The van der Waals surface area contributed by atoms with Crippen LogP contribution in [0.25, 0.3) is 0 Å². The van der Waals surface area contributed by atoms with Crippen molar-refractivity contribution in [1.82, 2.24) is 25.0 Å². The van der Waals surface area contributed by atoms with Gasteiger partial charge in [-0.05, 0) is 61.3 Å². The van der Waals surface area contributed by atoms with E-state index in [1.165, 1.54) is 17.3 Å². The van der Waals surface area contributed by atoms with E-state index in [1.54, 1.807) is 35.1 Å². The van der Waals surface area contributed by atoms with E-state index >= 15 is 0 Å². The van der Waals surface area contributed by atoms with Gasteiger partial charge < -0.3 is 9.88 Å². The molecule has 0 radical (unpaired) electrons. The van der Waals surface area contributed by atoms with Crippen LogP contribution < -0.4 is 5.32 Å². The molecule has 1 fully saturated rings. The Kier molecular flexibility index (Phi) is 6.64. The Labute approximate surface area is 187 Å². The van der Waals surface area contributed by atoms with Gasteiger partial charge in [0.25, 0.3) is 11.6 Å². The summed E-state index contributed by atoms with van der Waals surface area (Å²) in [7, 11) is 1.76. The summed E-state index contributed by atoms with van der Waals surface area (Å²) in [5.74, 6) is -0.320. The fraction of sp³-hybridized carbons (Fsp3) is 0.350. The number of hydrogen-bond acceptors (Lipinski definition) is 8. The molecule has 1 aromatic carbocycles. The van der Waals surface area contributed by atoms with Crippen molar-refractivity contribution in [2.75, 3.05) is 19.6 Å². The predicted octanol–water partition coefficient (Wildman–Crippen LogP) is 3.50. The van der Waals surface area contributed by atoms with Gasteiger partial charge in [0.2, 0.25) is 0 Å². The first kappa shape index (κ1) is 21.5. The monoisotopic (exact) mass is 458 g/mol. The number of nitrogens with zero attached hydrogens (tertiary/aromatic N) is 5. The van der Waals surface area contributed by atoms with E-state index in [9.17, 15) is 14.9 Å². The summed E-state index contributed by atoms with van der Waals surface area (Å²) < 4.78 is 1.68. The Hall–Kier alpha value is -2.76. The maximum atomic E-state index is 12.8. The predicted molar refractivity (Wildman–Crippen MR) is 118 cm³/mol. The lowest BCUT2D eigenvalue weighted by Gasteiger charge is -2.26. The number of nitro benzene ring substituents is 1. The first-order valence-electron chi connectivity index (χ1n) is 9.89. The minimum atomic E-state index is -0.478. The van der Waals surface area contributed by atoms with Crippen molar-refractivity contribution in [3.8, 4) is 0 Å². The lowest BCUT2D eigenvalue weighted by molar-refractivity contribution is -0.387. The molecule has 0 spiro atoms. The number of nitrogens with one attached hydrogen (secondary N) is 1. The molecule has 0 aliphatic carbocycles. The molecule has 1 amide bonds. The van der Waals surface area contributed by atoms with Crippen LogP contribution in [0.1, 0.15) is 34.1 Å². The van der Waals surface area contributed by atoms with Crippen LogP contribution in [-0.4, -0.2) is 50.1 Å². The molecule has 11 heteroatoms. The smallest absolute Gasteiger partial charge is 0.284 e. The lowest BCUT2D eigenvalue weighted by atomic mass is 10.1. The molecule has 1 unspecified atom stereocenters. The quantitative estimate of drug-likeness (QED) is 0.407. The molecular formula is C20H22N6O3S2. The fourth-order valence-corrected chi connectivity index (χ4v) is 5.30. The van der Waals surface area contributed by atoms with Gasteiger partial charge in [-0.1, -0.05) is 6.07 Å². The first-order chi connectivity index (χ1) is 15.0. The van der Waals surface area contributed by atoms with Crippen molar-refractivity contribution in [3.05, 3.63) is 62.6 Å². The van der Waals surface area contributed by atoms with E-state index < -0.39 is 4.92 Å². The van der Waals surface area contributed by atoms with E-state index in [-0.39, 0.29) is 23.2 Å². The van der Waals surface area contributed by atoms with E-state index in [0.29, 0.717) is 16.6 Å². The second kappa shape index (κ2) is 9.58. The summed E-state index contributed by atoms with van der Waals surface area (Å²) in [4.78, 5) is 28.0. The highest BCUT2D eigenvalue weighted by atomic mass is 32.2. The molecule has 3 aromatic rings. The van der Waals surface area contributed by atoms with Crippen molar-refractivity contribution in [2.45, 2.75) is 28.9 Å². The normalized spacial score (nSPS) is 15.1. The van der Waals surface area contributed by atoms with Crippen LogP contribution in [0.3, 0.4) is 0 Å². The molecule has 1 atom stereocenters. The lowest BCUT2D eigenvalue weighted by Crippen LogP contribution is -2.36. The molecule has 1 aliphatic heterocycles. The second-order valence-electron chi connectivity index (χ2n) is 7.25. The van der Waals surface area contributed by atoms with E-state index in [0.717, 1.165) is 37.7 Å². The van der Waals surface area contributed by atoms with E-state index in [4.69, 9.17) is 0 Å². The van der Waals surface area contributed by atoms with Crippen molar-refractivity contribution in [2.24, 2.45) is 7.05 Å². The van der Waals surface area contributed by atoms with Crippen molar-refractivity contribution < 1.29 is 9.72 Å². The SMILES string of the molecule is Cn1cnnc1Sc1ccc(C(=O)NCC(c2cccs2)N2CCCC2)cc1[N+](=O)[O-]. The molecule has 0 saturated carbocycles. The van der Waals surface area contributed by atoms with Crippen LogP contribution in [-0.2, 0) is 7.05 Å². The van der Waals surface area contributed by atoms with Gasteiger partial charge in [-0.15, -0.1) is 21.5 Å². The van der Waals surface area contributed by atoms with Gasteiger partial charge in [0.15, 0.2) is 5.16 Å². The number of aromatic nitrogens is 3. The summed E-state index contributed by atoms with van der Waals surface area (Å²) >= 11 is 2.82. The maximum Gasteiger partial charge on any atom is 0.284 e. The summed E-state index contributed by atoms with van der Waals surface area (Å²) in [6.45, 7) is 2.48. The Morgan fingerprint density at radius 2 is 2.16 bits per heavy atom. The number of rotatable bonds is 8. The Morgan fingerprint density at radius 1 is 1.35 bits per heavy atom. The van der Waals surface area contributed by atoms with Gasteiger partial charge in [-0.3, -0.25) is 19.8 Å². The van der Waals surface area contributed by atoms with Crippen LogP contribution in [0.2, 0.25) is 0 Å². The average molecular weight is 459 g/mol. The number of amides is 1. The van der Waals surface area contributed by atoms with Gasteiger partial charge >= 0.3 is 0 Å². The van der Waals surface area contributed by atoms with Gasteiger partial charge in [-0.2, -0.15) is 0 Å². The molecule has 1 N–H and O–H groups in total. The molecule has 1 saturated heterocycles. The number of aryl methyl sites for hydroxylation is 1. The number of nitro groups is 1. The zero-order valence-corrected chi connectivity index (χ0v) is 18.6. The third-order valence-corrected chi connectivity index (χ3v) is 7.29. The fourth-order valence-electron chi connectivity index (χ4n) is 3.59. The summed E-state index contributed by atoms with van der Waals surface area (Å²) in [6, 6.07) is 8.74. The summed E-state index contributed by atoms with van der Waals surface area (Å²) in [5, 5.41) is 24.9. The van der Waals surface area contributed by atoms with Crippen LogP contribution >= 0.6 is 23.1 Å². The number of carbonyl (C=O) groups excluding carboxylic acids is 1. The third-order valence-electron chi connectivity index (χ3n) is 5.20. The molecule has 2 aromatic heterocycles. The molecule has 1 aliphatic rings. The number of hydrogen-bond donors (Lipinski definition) is 1. The second-order valence-corrected chi connectivity index (χ2v) is 9.24. The van der Waals surface area contributed by atoms with Gasteiger partial charge in [0.1, 0.15) is 6.33 Å².